The zero-order chi connectivity index (χ0) is 26.0. The number of carbonyl (C=O) groups excluding carboxylic acids is 2. The molecule has 5 nitrogen and oxygen atoms in total. The molecule has 2 heterocycles. The van der Waals surface area contributed by atoms with Crippen LogP contribution in [0.2, 0.25) is 20.4 Å². The van der Waals surface area contributed by atoms with E-state index < -0.39 is 5.24 Å². The van der Waals surface area contributed by atoms with Crippen LogP contribution in [0.15, 0.2) is 48.8 Å². The fourth-order valence-electron chi connectivity index (χ4n) is 4.24. The third-order valence-electron chi connectivity index (χ3n) is 6.19. The van der Waals surface area contributed by atoms with E-state index in [2.05, 4.69) is 22.2 Å². The molecule has 1 fully saturated rings. The van der Waals surface area contributed by atoms with Crippen molar-refractivity contribution in [3.8, 4) is 0 Å². The number of hydrogen-bond donors (Lipinski definition) is 1. The Morgan fingerprint density at radius 1 is 0.778 bits per heavy atom. The van der Waals surface area contributed by atoms with Gasteiger partial charge in [-0.25, -0.2) is 9.97 Å². The second kappa shape index (κ2) is 11.1. The number of rotatable bonds is 3. The molecule has 1 saturated carbocycles. The van der Waals surface area contributed by atoms with Crippen LogP contribution in [0.25, 0.3) is 21.5 Å². The van der Waals surface area contributed by atoms with Gasteiger partial charge in [-0.05, 0) is 55.6 Å². The molecule has 2 aromatic heterocycles. The quantitative estimate of drug-likeness (QED) is 0.194. The van der Waals surface area contributed by atoms with Crippen molar-refractivity contribution in [2.45, 2.75) is 38.1 Å². The summed E-state index contributed by atoms with van der Waals surface area (Å²) in [6, 6.07) is 10.2. The zero-order valence-corrected chi connectivity index (χ0v) is 22.8. The van der Waals surface area contributed by atoms with E-state index in [0.29, 0.717) is 42.3 Å². The van der Waals surface area contributed by atoms with Crippen LogP contribution in [-0.2, 0) is 0 Å². The molecule has 10 heteroatoms. The molecule has 1 aliphatic rings. The summed E-state index contributed by atoms with van der Waals surface area (Å²) in [6.45, 7) is 2.10. The number of halogens is 5. The third kappa shape index (κ3) is 5.87. The Hall–Kier alpha value is -2.15. The van der Waals surface area contributed by atoms with Gasteiger partial charge in [0.2, 0.25) is 0 Å². The number of carbonyl (C=O) groups is 2. The third-order valence-corrected chi connectivity index (χ3v) is 7.62. The van der Waals surface area contributed by atoms with Gasteiger partial charge in [0.1, 0.15) is 10.3 Å². The normalized spacial score (nSPS) is 14.4. The van der Waals surface area contributed by atoms with Crippen molar-refractivity contribution in [3.63, 3.8) is 0 Å². The van der Waals surface area contributed by atoms with Gasteiger partial charge in [-0.3, -0.25) is 9.59 Å². The van der Waals surface area contributed by atoms with Crippen molar-refractivity contribution in [3.05, 3.63) is 80.3 Å². The molecule has 0 radical (unpaired) electrons. The van der Waals surface area contributed by atoms with Crippen molar-refractivity contribution < 1.29 is 9.59 Å². The highest BCUT2D eigenvalue weighted by molar-refractivity contribution is 6.67. The second-order valence-corrected chi connectivity index (χ2v) is 10.7. The molecule has 2 aromatic carbocycles. The fourth-order valence-corrected chi connectivity index (χ4v) is 5.20. The average molecular weight is 584 g/mol. The molecule has 5 rings (SSSR count). The smallest absolute Gasteiger partial charge is 0.252 e. The van der Waals surface area contributed by atoms with Crippen LogP contribution in [0.1, 0.15) is 53.3 Å². The lowest BCUT2D eigenvalue weighted by Gasteiger charge is -2.25. The first kappa shape index (κ1) is 26.9. The van der Waals surface area contributed by atoms with Gasteiger partial charge in [0.05, 0.1) is 10.0 Å². The highest BCUT2D eigenvalue weighted by Gasteiger charge is 2.30. The van der Waals surface area contributed by atoms with Crippen LogP contribution in [0, 0.1) is 0 Å². The summed E-state index contributed by atoms with van der Waals surface area (Å²) in [5.41, 5.74) is 0.860. The fraction of sp³-hybridized carbons (Fsp3) is 0.231. The maximum Gasteiger partial charge on any atom is 0.252 e. The van der Waals surface area contributed by atoms with Crippen LogP contribution in [-0.4, -0.2) is 26.7 Å². The van der Waals surface area contributed by atoms with Gasteiger partial charge < -0.3 is 5.32 Å². The van der Waals surface area contributed by atoms with Crippen LogP contribution < -0.4 is 5.32 Å². The second-order valence-electron chi connectivity index (χ2n) is 8.81. The minimum atomic E-state index is -0.534. The van der Waals surface area contributed by atoms with Crippen LogP contribution >= 0.6 is 58.0 Å². The van der Waals surface area contributed by atoms with E-state index in [9.17, 15) is 9.59 Å². The van der Waals surface area contributed by atoms with E-state index >= 15 is 0 Å². The molecule has 0 unspecified atom stereocenters. The predicted octanol–water partition coefficient (Wildman–Crippen LogP) is 8.52. The Morgan fingerprint density at radius 3 is 1.75 bits per heavy atom. The maximum atomic E-state index is 12.4. The highest BCUT2D eigenvalue weighted by atomic mass is 35.5. The largest absolute Gasteiger partial charge is 0.347 e. The first-order chi connectivity index (χ1) is 17.1. The van der Waals surface area contributed by atoms with Crippen LogP contribution in [0.3, 0.4) is 0 Å². The number of amides is 1. The molecule has 4 aromatic rings. The number of hydrogen-bond acceptors (Lipinski definition) is 4. The van der Waals surface area contributed by atoms with Crippen LogP contribution in [0.4, 0.5) is 0 Å². The zero-order valence-electron chi connectivity index (χ0n) is 19.0. The molecule has 1 amide bonds. The minimum Gasteiger partial charge on any atom is -0.347 e. The Labute approximate surface area is 233 Å². The Bertz CT molecular complexity index is 1490. The van der Waals surface area contributed by atoms with Gasteiger partial charge >= 0.3 is 0 Å². The Morgan fingerprint density at radius 2 is 1.25 bits per heavy atom. The standard InChI is InChI=1S/C16H16Cl2N2O.C10H4Cl3NO/c1-16(6-2-3-7-16)20-15(21)10-4-5-11-12(8-10)14(18)19-9-13(11)17;11-8-4-14-9(12)7-3-5(10(13)15)1-2-6(7)8/h4-5,8-9H,2-3,6-7H2,1H3,(H,20,21);1-4H. The monoisotopic (exact) mass is 581 g/mol. The molecule has 1 N–H and O–H groups in total. The topological polar surface area (TPSA) is 72.0 Å². The van der Waals surface area contributed by atoms with Gasteiger partial charge in [-0.15, -0.1) is 0 Å². The number of benzene rings is 2. The van der Waals surface area contributed by atoms with Crippen molar-refractivity contribution >= 4 is 90.7 Å². The summed E-state index contributed by atoms with van der Waals surface area (Å²) in [4.78, 5) is 31.3. The van der Waals surface area contributed by atoms with E-state index in [1.165, 1.54) is 25.2 Å². The van der Waals surface area contributed by atoms with Gasteiger partial charge in [0.15, 0.2) is 0 Å². The minimum absolute atomic E-state index is 0.0719. The molecule has 0 spiro atoms. The maximum absolute atomic E-state index is 12.4. The number of aromatic nitrogens is 2. The lowest BCUT2D eigenvalue weighted by molar-refractivity contribution is 0.0908. The molecular weight excluding hydrogens is 564 g/mol. The highest BCUT2D eigenvalue weighted by Crippen LogP contribution is 2.31. The van der Waals surface area contributed by atoms with E-state index in [0.717, 1.165) is 23.6 Å². The predicted molar refractivity (Wildman–Crippen MR) is 148 cm³/mol. The molecule has 0 bridgehead atoms. The van der Waals surface area contributed by atoms with Crippen LogP contribution in [0.5, 0.6) is 0 Å². The van der Waals surface area contributed by atoms with E-state index in [-0.39, 0.29) is 11.4 Å². The lowest BCUT2D eigenvalue weighted by Crippen LogP contribution is -2.43. The first-order valence-electron chi connectivity index (χ1n) is 11.1. The summed E-state index contributed by atoms with van der Waals surface area (Å²) in [5, 5.41) is 7.16. The molecule has 0 aliphatic heterocycles. The lowest BCUT2D eigenvalue weighted by atomic mass is 9.99. The summed E-state index contributed by atoms with van der Waals surface area (Å²) >= 11 is 29.4. The van der Waals surface area contributed by atoms with E-state index in [1.807, 2.05) is 6.07 Å². The van der Waals surface area contributed by atoms with E-state index in [1.54, 1.807) is 30.3 Å². The van der Waals surface area contributed by atoms with E-state index in [4.69, 9.17) is 58.0 Å². The molecular formula is C26H20Cl5N3O2. The first-order valence-corrected chi connectivity index (χ1v) is 13.0. The van der Waals surface area contributed by atoms with Gasteiger partial charge in [-0.2, -0.15) is 0 Å². The van der Waals surface area contributed by atoms with Gasteiger partial charge in [0.25, 0.3) is 11.1 Å². The van der Waals surface area contributed by atoms with Crippen molar-refractivity contribution in [1.82, 2.24) is 15.3 Å². The van der Waals surface area contributed by atoms with Crippen molar-refractivity contribution in [2.75, 3.05) is 0 Å². The molecule has 0 atom stereocenters. The molecule has 1 aliphatic carbocycles. The summed E-state index contributed by atoms with van der Waals surface area (Å²) in [7, 11) is 0. The Kier molecular flexibility index (Phi) is 8.28. The molecule has 36 heavy (non-hydrogen) atoms. The number of fused-ring (bicyclic) bond motifs is 2. The molecule has 0 saturated heterocycles. The van der Waals surface area contributed by atoms with Gasteiger partial charge in [-0.1, -0.05) is 71.4 Å². The summed E-state index contributed by atoms with van der Waals surface area (Å²) in [6.07, 6.45) is 7.38. The number of pyridine rings is 2. The number of nitrogens with zero attached hydrogens (tertiary/aromatic N) is 2. The van der Waals surface area contributed by atoms with Crippen molar-refractivity contribution in [2.24, 2.45) is 0 Å². The van der Waals surface area contributed by atoms with Crippen molar-refractivity contribution in [1.29, 1.82) is 0 Å². The molecule has 186 valence electrons. The van der Waals surface area contributed by atoms with Gasteiger partial charge in [0, 0.05) is 50.6 Å². The summed E-state index contributed by atoms with van der Waals surface area (Å²) < 4.78 is 0. The Balaban J connectivity index is 0.000000179. The number of nitrogens with one attached hydrogen (secondary N) is 1. The SMILES string of the molecule is CC1(NC(=O)c2ccc3c(Cl)cnc(Cl)c3c2)CCCC1.O=C(Cl)c1ccc2c(Cl)cnc(Cl)c2c1. The average Bonchev–Trinajstić information content (AvgIpc) is 3.29. The summed E-state index contributed by atoms with van der Waals surface area (Å²) in [5.74, 6) is -0.0719.